The second-order valence-corrected chi connectivity index (χ2v) is 6.94. The highest BCUT2D eigenvalue weighted by Crippen LogP contribution is 2.25. The monoisotopic (exact) mass is 303 g/mol. The minimum Gasteiger partial charge on any atom is -0.340 e. The molecule has 112 valence electrons. The smallest absolute Gasteiger partial charge is 0.137 e. The molecule has 1 N–H and O–H groups in total. The Balaban J connectivity index is 2.25. The number of nitrogens with one attached hydrogen (secondary N) is 1. The third-order valence-corrected chi connectivity index (χ3v) is 3.41. The highest BCUT2D eigenvalue weighted by molar-refractivity contribution is 6.29. The van der Waals surface area contributed by atoms with Crippen LogP contribution < -0.4 is 5.32 Å². The highest BCUT2D eigenvalue weighted by Gasteiger charge is 2.18. The van der Waals surface area contributed by atoms with Crippen LogP contribution in [-0.2, 0) is 5.41 Å². The van der Waals surface area contributed by atoms with Crippen LogP contribution in [0.2, 0.25) is 5.15 Å². The van der Waals surface area contributed by atoms with Gasteiger partial charge in [-0.2, -0.15) is 0 Å². The Morgan fingerprint density at radius 1 is 1.05 bits per heavy atom. The van der Waals surface area contributed by atoms with Crippen LogP contribution >= 0.6 is 11.6 Å². The van der Waals surface area contributed by atoms with Gasteiger partial charge in [-0.3, -0.25) is 0 Å². The second-order valence-electron chi connectivity index (χ2n) is 6.55. The first kappa shape index (κ1) is 15.8. The summed E-state index contributed by atoms with van der Waals surface area (Å²) >= 11 is 6.10. The molecule has 2 rings (SSSR count). The molecule has 0 unspecified atom stereocenters. The standard InChI is InChI=1S/C17H22ClN3/c1-11(2)12-6-8-13(9-7-12)19-15-10-14(18)20-16(21-15)17(3,4)5/h6-11H,1-5H3,(H,19,20,21). The van der Waals surface area contributed by atoms with Gasteiger partial charge < -0.3 is 5.32 Å². The van der Waals surface area contributed by atoms with Gasteiger partial charge in [0.05, 0.1) is 0 Å². The van der Waals surface area contributed by atoms with E-state index in [4.69, 9.17) is 11.6 Å². The van der Waals surface area contributed by atoms with Gasteiger partial charge >= 0.3 is 0 Å². The molecule has 0 saturated heterocycles. The minimum atomic E-state index is -0.136. The fourth-order valence-corrected chi connectivity index (χ4v) is 2.10. The summed E-state index contributed by atoms with van der Waals surface area (Å²) in [5.74, 6) is 1.98. The zero-order chi connectivity index (χ0) is 15.6. The molecular formula is C17H22ClN3. The van der Waals surface area contributed by atoms with E-state index in [1.54, 1.807) is 6.07 Å². The highest BCUT2D eigenvalue weighted by atomic mass is 35.5. The Bertz CT molecular complexity index is 613. The molecule has 2 aromatic rings. The molecule has 0 radical (unpaired) electrons. The number of anilines is 2. The molecular weight excluding hydrogens is 282 g/mol. The van der Waals surface area contributed by atoms with Gasteiger partial charge in [0.2, 0.25) is 0 Å². The van der Waals surface area contributed by atoms with Crippen LogP contribution in [0.3, 0.4) is 0 Å². The van der Waals surface area contributed by atoms with Crippen molar-refractivity contribution in [3.05, 3.63) is 46.9 Å². The van der Waals surface area contributed by atoms with E-state index in [0.29, 0.717) is 11.1 Å². The third-order valence-electron chi connectivity index (χ3n) is 3.22. The summed E-state index contributed by atoms with van der Waals surface area (Å²) in [5, 5.41) is 3.74. The van der Waals surface area contributed by atoms with Gasteiger partial charge in [0.25, 0.3) is 0 Å². The summed E-state index contributed by atoms with van der Waals surface area (Å²) in [6, 6.07) is 10.1. The molecule has 1 aromatic carbocycles. The maximum Gasteiger partial charge on any atom is 0.137 e. The van der Waals surface area contributed by atoms with Crippen LogP contribution in [0.15, 0.2) is 30.3 Å². The lowest BCUT2D eigenvalue weighted by Crippen LogP contribution is -2.16. The fourth-order valence-electron chi connectivity index (χ4n) is 1.92. The van der Waals surface area contributed by atoms with Crippen molar-refractivity contribution in [3.63, 3.8) is 0 Å². The molecule has 0 fully saturated rings. The zero-order valence-electron chi connectivity index (χ0n) is 13.2. The van der Waals surface area contributed by atoms with E-state index >= 15 is 0 Å². The Morgan fingerprint density at radius 2 is 1.67 bits per heavy atom. The lowest BCUT2D eigenvalue weighted by atomic mass is 9.96. The van der Waals surface area contributed by atoms with E-state index in [-0.39, 0.29) is 5.41 Å². The van der Waals surface area contributed by atoms with Crippen LogP contribution in [0, 0.1) is 0 Å². The summed E-state index contributed by atoms with van der Waals surface area (Å²) in [6.45, 7) is 10.6. The first-order chi connectivity index (χ1) is 9.75. The molecule has 0 aliphatic heterocycles. The minimum absolute atomic E-state index is 0.136. The van der Waals surface area contributed by atoms with Gasteiger partial charge in [-0.05, 0) is 23.6 Å². The van der Waals surface area contributed by atoms with Crippen LogP contribution in [-0.4, -0.2) is 9.97 Å². The normalized spacial score (nSPS) is 11.8. The summed E-state index contributed by atoms with van der Waals surface area (Å²) < 4.78 is 0. The number of hydrogen-bond donors (Lipinski definition) is 1. The Hall–Kier alpha value is -1.61. The van der Waals surface area contributed by atoms with E-state index in [2.05, 4.69) is 74.2 Å². The zero-order valence-corrected chi connectivity index (χ0v) is 14.0. The van der Waals surface area contributed by atoms with Crippen LogP contribution in [0.5, 0.6) is 0 Å². The van der Waals surface area contributed by atoms with E-state index in [1.807, 2.05) is 0 Å². The first-order valence-electron chi connectivity index (χ1n) is 7.18. The van der Waals surface area contributed by atoms with Crippen LogP contribution in [0.25, 0.3) is 0 Å². The number of hydrogen-bond acceptors (Lipinski definition) is 3. The first-order valence-corrected chi connectivity index (χ1v) is 7.55. The maximum absolute atomic E-state index is 6.10. The van der Waals surface area contributed by atoms with Crippen LogP contribution in [0.4, 0.5) is 11.5 Å². The SMILES string of the molecule is CC(C)c1ccc(Nc2cc(Cl)nc(C(C)(C)C)n2)cc1. The molecule has 0 amide bonds. The molecule has 0 aliphatic carbocycles. The van der Waals surface area contributed by atoms with Crippen molar-refractivity contribution in [1.29, 1.82) is 0 Å². The molecule has 0 aliphatic rings. The summed E-state index contributed by atoms with van der Waals surface area (Å²) in [4.78, 5) is 8.85. The number of nitrogens with zero attached hydrogens (tertiary/aromatic N) is 2. The van der Waals surface area contributed by atoms with Crippen molar-refractivity contribution < 1.29 is 0 Å². The molecule has 0 saturated carbocycles. The molecule has 1 heterocycles. The lowest BCUT2D eigenvalue weighted by molar-refractivity contribution is 0.546. The van der Waals surface area contributed by atoms with Crippen molar-refractivity contribution in [2.75, 3.05) is 5.32 Å². The van der Waals surface area contributed by atoms with E-state index in [0.717, 1.165) is 17.3 Å². The van der Waals surface area contributed by atoms with Crippen LogP contribution in [0.1, 0.15) is 51.9 Å². The van der Waals surface area contributed by atoms with Crippen molar-refractivity contribution >= 4 is 23.1 Å². The Morgan fingerprint density at radius 3 is 2.19 bits per heavy atom. The molecule has 0 bridgehead atoms. The van der Waals surface area contributed by atoms with Crippen molar-refractivity contribution in [1.82, 2.24) is 9.97 Å². The number of aromatic nitrogens is 2. The second kappa shape index (κ2) is 6.02. The van der Waals surface area contributed by atoms with Gasteiger partial charge in [0.1, 0.15) is 16.8 Å². The lowest BCUT2D eigenvalue weighted by Gasteiger charge is -2.18. The van der Waals surface area contributed by atoms with Gasteiger partial charge in [0.15, 0.2) is 0 Å². The van der Waals surface area contributed by atoms with Gasteiger partial charge in [-0.1, -0.05) is 58.4 Å². The summed E-state index contributed by atoms with van der Waals surface area (Å²) in [6.07, 6.45) is 0. The average Bonchev–Trinajstić information content (AvgIpc) is 2.37. The van der Waals surface area contributed by atoms with Gasteiger partial charge in [-0.25, -0.2) is 9.97 Å². The Kier molecular flexibility index (Phi) is 4.52. The van der Waals surface area contributed by atoms with E-state index in [9.17, 15) is 0 Å². The third kappa shape index (κ3) is 4.18. The number of rotatable bonds is 3. The molecule has 0 spiro atoms. The number of benzene rings is 1. The topological polar surface area (TPSA) is 37.8 Å². The van der Waals surface area contributed by atoms with E-state index in [1.165, 1.54) is 5.56 Å². The summed E-state index contributed by atoms with van der Waals surface area (Å²) in [7, 11) is 0. The van der Waals surface area contributed by atoms with Crippen molar-refractivity contribution in [3.8, 4) is 0 Å². The van der Waals surface area contributed by atoms with Gasteiger partial charge in [0, 0.05) is 17.2 Å². The quantitative estimate of drug-likeness (QED) is 0.782. The van der Waals surface area contributed by atoms with E-state index < -0.39 is 0 Å². The molecule has 0 atom stereocenters. The molecule has 4 heteroatoms. The molecule has 1 aromatic heterocycles. The predicted octanol–water partition coefficient (Wildman–Crippen LogP) is 5.29. The molecule has 3 nitrogen and oxygen atoms in total. The number of halogens is 1. The van der Waals surface area contributed by atoms with Gasteiger partial charge in [-0.15, -0.1) is 0 Å². The fraction of sp³-hybridized carbons (Fsp3) is 0.412. The maximum atomic E-state index is 6.10. The average molecular weight is 304 g/mol. The predicted molar refractivity (Wildman–Crippen MR) is 89.6 cm³/mol. The van der Waals surface area contributed by atoms with Crippen molar-refractivity contribution in [2.24, 2.45) is 0 Å². The Labute approximate surface area is 131 Å². The van der Waals surface area contributed by atoms with Crippen molar-refractivity contribution in [2.45, 2.75) is 46.0 Å². The summed E-state index contributed by atoms with van der Waals surface area (Å²) in [5.41, 5.74) is 2.17. The molecule has 21 heavy (non-hydrogen) atoms. The largest absolute Gasteiger partial charge is 0.340 e.